The Morgan fingerprint density at radius 2 is 2.25 bits per heavy atom. The van der Waals surface area contributed by atoms with Gasteiger partial charge in [-0.3, -0.25) is 9.59 Å². The van der Waals surface area contributed by atoms with E-state index in [1.54, 1.807) is 6.07 Å². The van der Waals surface area contributed by atoms with E-state index in [-0.39, 0.29) is 12.2 Å². The molecule has 1 amide bonds. The van der Waals surface area contributed by atoms with Crippen LogP contribution >= 0.6 is 0 Å². The maximum absolute atomic E-state index is 11.1. The third-order valence-corrected chi connectivity index (χ3v) is 1.38. The average Bonchev–Trinajstić information content (AvgIpc) is 1.98. The van der Waals surface area contributed by atoms with Crippen LogP contribution in [0.1, 0.15) is 0 Å². The van der Waals surface area contributed by atoms with Crippen molar-refractivity contribution in [1.82, 2.24) is 4.57 Å². The first-order chi connectivity index (χ1) is 5.61. The molecule has 0 aliphatic heterocycles. The molecule has 4 N–H and O–H groups in total. The minimum absolute atomic E-state index is 0.110. The molecule has 0 saturated heterocycles. The Morgan fingerprint density at radius 1 is 1.58 bits per heavy atom. The van der Waals surface area contributed by atoms with Crippen LogP contribution in [0.25, 0.3) is 0 Å². The number of rotatable bonds is 2. The zero-order chi connectivity index (χ0) is 9.14. The largest absolute Gasteiger partial charge is 0.394 e. The summed E-state index contributed by atoms with van der Waals surface area (Å²) in [5, 5.41) is 0. The molecule has 5 nitrogen and oxygen atoms in total. The fourth-order valence-electron chi connectivity index (χ4n) is 0.848. The molecule has 0 aliphatic rings. The van der Waals surface area contributed by atoms with E-state index in [1.807, 2.05) is 0 Å². The van der Waals surface area contributed by atoms with Gasteiger partial charge in [-0.15, -0.1) is 0 Å². The molecule has 0 spiro atoms. The van der Waals surface area contributed by atoms with Crippen molar-refractivity contribution in [2.75, 3.05) is 5.73 Å². The standard InChI is InChI=1S/C7H9N3O2/c8-5-2-1-3-10(7(5)12)4-6(9)11/h1-3H,4,8H2,(H2,9,11). The molecular formula is C7H9N3O2. The molecule has 0 saturated carbocycles. The number of anilines is 1. The van der Waals surface area contributed by atoms with Crippen LogP contribution in [0.2, 0.25) is 0 Å². The number of aromatic nitrogens is 1. The normalized spacial score (nSPS) is 9.67. The van der Waals surface area contributed by atoms with Crippen molar-refractivity contribution in [2.45, 2.75) is 6.54 Å². The highest BCUT2D eigenvalue weighted by Crippen LogP contribution is 1.90. The summed E-state index contributed by atoms with van der Waals surface area (Å²) in [6, 6.07) is 3.06. The third kappa shape index (κ3) is 1.63. The quantitative estimate of drug-likeness (QED) is 0.586. The van der Waals surface area contributed by atoms with E-state index in [0.29, 0.717) is 0 Å². The van der Waals surface area contributed by atoms with Gasteiger partial charge in [0.1, 0.15) is 6.54 Å². The fraction of sp³-hybridized carbons (Fsp3) is 0.143. The van der Waals surface area contributed by atoms with Crippen molar-refractivity contribution in [3.05, 3.63) is 28.7 Å². The Labute approximate surface area is 68.6 Å². The second-order valence-corrected chi connectivity index (χ2v) is 2.36. The van der Waals surface area contributed by atoms with Crippen LogP contribution in [0.5, 0.6) is 0 Å². The number of carbonyl (C=O) groups excluding carboxylic acids is 1. The van der Waals surface area contributed by atoms with Crippen molar-refractivity contribution in [3.63, 3.8) is 0 Å². The summed E-state index contributed by atoms with van der Waals surface area (Å²) in [4.78, 5) is 21.6. The first-order valence-electron chi connectivity index (χ1n) is 3.34. The minimum atomic E-state index is -0.567. The van der Waals surface area contributed by atoms with Gasteiger partial charge in [0.25, 0.3) is 5.56 Å². The van der Waals surface area contributed by atoms with Gasteiger partial charge in [0, 0.05) is 6.20 Å². The van der Waals surface area contributed by atoms with Gasteiger partial charge in [0.05, 0.1) is 5.69 Å². The molecule has 0 aliphatic carbocycles. The number of carbonyl (C=O) groups is 1. The van der Waals surface area contributed by atoms with Gasteiger partial charge in [-0.05, 0) is 12.1 Å². The van der Waals surface area contributed by atoms with E-state index in [2.05, 4.69) is 0 Å². The van der Waals surface area contributed by atoms with E-state index in [9.17, 15) is 9.59 Å². The second kappa shape index (κ2) is 3.08. The zero-order valence-corrected chi connectivity index (χ0v) is 6.36. The average molecular weight is 167 g/mol. The summed E-state index contributed by atoms with van der Waals surface area (Å²) >= 11 is 0. The van der Waals surface area contributed by atoms with Crippen molar-refractivity contribution in [1.29, 1.82) is 0 Å². The first-order valence-corrected chi connectivity index (χ1v) is 3.34. The molecule has 5 heteroatoms. The van der Waals surface area contributed by atoms with Crippen LogP contribution in [-0.2, 0) is 11.3 Å². The van der Waals surface area contributed by atoms with Gasteiger partial charge < -0.3 is 16.0 Å². The molecule has 1 heterocycles. The Kier molecular flexibility index (Phi) is 2.14. The summed E-state index contributed by atoms with van der Waals surface area (Å²) in [6.45, 7) is -0.135. The van der Waals surface area contributed by atoms with Gasteiger partial charge in [-0.2, -0.15) is 0 Å². The van der Waals surface area contributed by atoms with Crippen LogP contribution in [0.15, 0.2) is 23.1 Å². The Bertz CT molecular complexity index is 356. The second-order valence-electron chi connectivity index (χ2n) is 2.36. The van der Waals surface area contributed by atoms with E-state index >= 15 is 0 Å². The summed E-state index contributed by atoms with van der Waals surface area (Å²) in [7, 11) is 0. The van der Waals surface area contributed by atoms with Crippen molar-refractivity contribution >= 4 is 11.6 Å². The molecule has 0 aromatic carbocycles. The highest BCUT2D eigenvalue weighted by atomic mass is 16.2. The number of hydrogen-bond acceptors (Lipinski definition) is 3. The van der Waals surface area contributed by atoms with Crippen LogP contribution in [0, 0.1) is 0 Å². The van der Waals surface area contributed by atoms with E-state index < -0.39 is 11.5 Å². The van der Waals surface area contributed by atoms with Gasteiger partial charge in [-0.25, -0.2) is 0 Å². The number of nitrogens with zero attached hydrogens (tertiary/aromatic N) is 1. The van der Waals surface area contributed by atoms with Crippen LogP contribution in [-0.4, -0.2) is 10.5 Å². The van der Waals surface area contributed by atoms with Gasteiger partial charge in [0.2, 0.25) is 5.91 Å². The third-order valence-electron chi connectivity index (χ3n) is 1.38. The topological polar surface area (TPSA) is 91.1 Å². The molecule has 0 fully saturated rings. The molecule has 64 valence electrons. The number of nitrogen functional groups attached to an aromatic ring is 1. The Balaban J connectivity index is 3.09. The number of hydrogen-bond donors (Lipinski definition) is 2. The highest BCUT2D eigenvalue weighted by molar-refractivity contribution is 5.73. The lowest BCUT2D eigenvalue weighted by atomic mass is 10.4. The lowest BCUT2D eigenvalue weighted by molar-refractivity contribution is -0.118. The Hall–Kier alpha value is -1.78. The minimum Gasteiger partial charge on any atom is -0.394 e. The summed E-state index contributed by atoms with van der Waals surface area (Å²) in [5.74, 6) is -0.567. The van der Waals surface area contributed by atoms with E-state index in [1.165, 1.54) is 12.3 Å². The monoisotopic (exact) mass is 167 g/mol. The highest BCUT2D eigenvalue weighted by Gasteiger charge is 2.00. The lowest BCUT2D eigenvalue weighted by Crippen LogP contribution is -2.28. The number of primary amides is 1. The predicted molar refractivity (Wildman–Crippen MR) is 44.3 cm³/mol. The van der Waals surface area contributed by atoms with Crippen molar-refractivity contribution < 1.29 is 4.79 Å². The maximum atomic E-state index is 11.1. The predicted octanol–water partition coefficient (Wildman–Crippen LogP) is -1.08. The molecule has 0 atom stereocenters. The van der Waals surface area contributed by atoms with E-state index in [4.69, 9.17) is 11.5 Å². The lowest BCUT2D eigenvalue weighted by Gasteiger charge is -2.01. The first kappa shape index (κ1) is 8.32. The van der Waals surface area contributed by atoms with Gasteiger partial charge in [-0.1, -0.05) is 0 Å². The zero-order valence-electron chi connectivity index (χ0n) is 6.36. The fourth-order valence-corrected chi connectivity index (χ4v) is 0.848. The molecule has 0 unspecified atom stereocenters. The van der Waals surface area contributed by atoms with Crippen molar-refractivity contribution in [2.24, 2.45) is 5.73 Å². The van der Waals surface area contributed by atoms with Gasteiger partial charge in [0.15, 0.2) is 0 Å². The number of pyridine rings is 1. The van der Waals surface area contributed by atoms with E-state index in [0.717, 1.165) is 4.57 Å². The molecule has 0 radical (unpaired) electrons. The van der Waals surface area contributed by atoms with Crippen LogP contribution in [0.3, 0.4) is 0 Å². The molecule has 1 aromatic rings. The molecule has 1 aromatic heterocycles. The number of nitrogens with two attached hydrogens (primary N) is 2. The summed E-state index contributed by atoms with van der Waals surface area (Å²) < 4.78 is 1.16. The molecule has 1 rings (SSSR count). The van der Waals surface area contributed by atoms with Gasteiger partial charge >= 0.3 is 0 Å². The number of amides is 1. The summed E-state index contributed by atoms with van der Waals surface area (Å²) in [6.07, 6.45) is 1.46. The maximum Gasteiger partial charge on any atom is 0.274 e. The van der Waals surface area contributed by atoms with Crippen LogP contribution < -0.4 is 17.0 Å². The SMILES string of the molecule is NC(=O)Cn1cccc(N)c1=O. The summed E-state index contributed by atoms with van der Waals surface area (Å²) in [5.41, 5.74) is 9.93. The van der Waals surface area contributed by atoms with Crippen molar-refractivity contribution in [3.8, 4) is 0 Å². The molecule has 0 bridgehead atoms. The Morgan fingerprint density at radius 3 is 2.83 bits per heavy atom. The molecular weight excluding hydrogens is 158 g/mol. The molecule has 12 heavy (non-hydrogen) atoms. The smallest absolute Gasteiger partial charge is 0.274 e. The van der Waals surface area contributed by atoms with Crippen LogP contribution in [0.4, 0.5) is 5.69 Å².